The van der Waals surface area contributed by atoms with Gasteiger partial charge in [0.25, 0.3) is 5.56 Å². The highest BCUT2D eigenvalue weighted by atomic mass is 35.5. The van der Waals surface area contributed by atoms with Gasteiger partial charge in [0.2, 0.25) is 0 Å². The van der Waals surface area contributed by atoms with Gasteiger partial charge in [-0.05, 0) is 12.1 Å². The molecule has 2 aromatic heterocycles. The summed E-state index contributed by atoms with van der Waals surface area (Å²) in [4.78, 5) is 19.0. The van der Waals surface area contributed by atoms with Crippen LogP contribution in [-0.4, -0.2) is 27.3 Å². The molecule has 7 heteroatoms. The fourth-order valence-corrected chi connectivity index (χ4v) is 1.93. The van der Waals surface area contributed by atoms with Gasteiger partial charge >= 0.3 is 0 Å². The van der Waals surface area contributed by atoms with Gasteiger partial charge in [0.15, 0.2) is 5.69 Å². The van der Waals surface area contributed by atoms with Gasteiger partial charge in [0.05, 0.1) is 18.1 Å². The van der Waals surface area contributed by atoms with Crippen molar-refractivity contribution in [2.24, 2.45) is 0 Å². The lowest BCUT2D eigenvalue weighted by Gasteiger charge is -2.03. The molecule has 2 N–H and O–H groups in total. The van der Waals surface area contributed by atoms with Crippen LogP contribution in [0.1, 0.15) is 0 Å². The third-order valence-corrected chi connectivity index (χ3v) is 2.88. The molecule has 0 amide bonds. The first-order chi connectivity index (χ1) is 9.17. The standard InChI is InChI=1S/C12H9ClN4O2/c1-19-6-2-3-7-8(4-6)14-11(12(18)15-7)9-5-10(13)17-16-9/h2-5H,1H3,(H,15,18)(H,16,17). The van der Waals surface area contributed by atoms with Gasteiger partial charge in [-0.1, -0.05) is 11.6 Å². The zero-order valence-corrected chi connectivity index (χ0v) is 10.7. The lowest BCUT2D eigenvalue weighted by atomic mass is 10.2. The van der Waals surface area contributed by atoms with Crippen LogP contribution < -0.4 is 10.3 Å². The molecule has 0 atom stereocenters. The molecule has 19 heavy (non-hydrogen) atoms. The van der Waals surface area contributed by atoms with E-state index in [1.807, 2.05) is 0 Å². The molecule has 0 aliphatic carbocycles. The van der Waals surface area contributed by atoms with E-state index in [-0.39, 0.29) is 11.3 Å². The van der Waals surface area contributed by atoms with Crippen molar-refractivity contribution in [2.45, 2.75) is 0 Å². The number of nitrogens with zero attached hydrogens (tertiary/aromatic N) is 2. The van der Waals surface area contributed by atoms with Crippen LogP contribution in [0.5, 0.6) is 5.75 Å². The van der Waals surface area contributed by atoms with Crippen LogP contribution in [0.15, 0.2) is 29.1 Å². The summed E-state index contributed by atoms with van der Waals surface area (Å²) < 4.78 is 5.13. The topological polar surface area (TPSA) is 83.7 Å². The van der Waals surface area contributed by atoms with Crippen molar-refractivity contribution in [2.75, 3.05) is 7.11 Å². The molecule has 96 valence electrons. The number of hydrogen-bond donors (Lipinski definition) is 2. The Bertz CT molecular complexity index is 809. The van der Waals surface area contributed by atoms with Crippen LogP contribution in [0.3, 0.4) is 0 Å². The molecule has 0 aliphatic rings. The molecule has 0 unspecified atom stereocenters. The maximum Gasteiger partial charge on any atom is 0.276 e. The average molecular weight is 277 g/mol. The predicted molar refractivity (Wildman–Crippen MR) is 71.5 cm³/mol. The van der Waals surface area contributed by atoms with E-state index in [4.69, 9.17) is 16.3 Å². The van der Waals surface area contributed by atoms with Gasteiger partial charge in [0.1, 0.15) is 16.6 Å². The number of benzene rings is 1. The summed E-state index contributed by atoms with van der Waals surface area (Å²) in [6.45, 7) is 0. The zero-order chi connectivity index (χ0) is 13.4. The van der Waals surface area contributed by atoms with E-state index >= 15 is 0 Å². The summed E-state index contributed by atoms with van der Waals surface area (Å²) in [6, 6.07) is 6.78. The Morgan fingerprint density at radius 2 is 2.16 bits per heavy atom. The molecule has 0 bridgehead atoms. The van der Waals surface area contributed by atoms with Crippen molar-refractivity contribution in [1.29, 1.82) is 0 Å². The van der Waals surface area contributed by atoms with Gasteiger partial charge < -0.3 is 9.72 Å². The molecule has 0 spiro atoms. The van der Waals surface area contributed by atoms with Gasteiger partial charge in [-0.2, -0.15) is 5.10 Å². The molecule has 3 aromatic rings. The molecule has 2 heterocycles. The second-order valence-electron chi connectivity index (χ2n) is 3.90. The maximum absolute atomic E-state index is 12.0. The third-order valence-electron chi connectivity index (χ3n) is 2.69. The molecular formula is C12H9ClN4O2. The second kappa shape index (κ2) is 4.40. The minimum atomic E-state index is -0.319. The quantitative estimate of drug-likeness (QED) is 0.749. The lowest BCUT2D eigenvalue weighted by Crippen LogP contribution is -2.11. The van der Waals surface area contributed by atoms with Crippen molar-refractivity contribution in [3.63, 3.8) is 0 Å². The number of fused-ring (bicyclic) bond motifs is 1. The van der Waals surface area contributed by atoms with Crippen LogP contribution in [0.2, 0.25) is 5.15 Å². The predicted octanol–water partition coefficient (Wildman–Crippen LogP) is 1.98. The van der Waals surface area contributed by atoms with E-state index in [2.05, 4.69) is 20.2 Å². The fourth-order valence-electron chi connectivity index (χ4n) is 1.78. The Labute approximate surface area is 112 Å². The normalized spacial score (nSPS) is 10.8. The van der Waals surface area contributed by atoms with Gasteiger partial charge in [-0.3, -0.25) is 9.89 Å². The molecule has 6 nitrogen and oxygen atoms in total. The Balaban J connectivity index is 2.25. The Morgan fingerprint density at radius 3 is 2.84 bits per heavy atom. The van der Waals surface area contributed by atoms with Gasteiger partial charge in [-0.25, -0.2) is 4.98 Å². The number of H-pyrrole nitrogens is 2. The Hall–Kier alpha value is -2.34. The highest BCUT2D eigenvalue weighted by Gasteiger charge is 2.11. The maximum atomic E-state index is 12.0. The lowest BCUT2D eigenvalue weighted by molar-refractivity contribution is 0.415. The van der Waals surface area contributed by atoms with E-state index in [0.717, 1.165) is 0 Å². The molecule has 0 saturated heterocycles. The Morgan fingerprint density at radius 1 is 1.32 bits per heavy atom. The molecular weight excluding hydrogens is 268 g/mol. The van der Waals surface area contributed by atoms with Crippen LogP contribution >= 0.6 is 11.6 Å². The zero-order valence-electron chi connectivity index (χ0n) is 9.90. The summed E-state index contributed by atoms with van der Waals surface area (Å²) in [5.41, 5.74) is 1.55. The van der Waals surface area contributed by atoms with Crippen molar-refractivity contribution >= 4 is 22.6 Å². The first kappa shape index (κ1) is 11.7. The van der Waals surface area contributed by atoms with Crippen molar-refractivity contribution in [1.82, 2.24) is 20.2 Å². The molecule has 0 fully saturated rings. The van der Waals surface area contributed by atoms with Crippen LogP contribution in [0.4, 0.5) is 0 Å². The molecule has 1 aromatic carbocycles. The van der Waals surface area contributed by atoms with E-state index in [0.29, 0.717) is 27.6 Å². The minimum absolute atomic E-state index is 0.212. The number of aromatic nitrogens is 4. The molecule has 0 aliphatic heterocycles. The number of aromatic amines is 2. The molecule has 0 radical (unpaired) electrons. The number of rotatable bonds is 2. The number of nitrogens with one attached hydrogen (secondary N) is 2. The second-order valence-corrected chi connectivity index (χ2v) is 4.31. The summed E-state index contributed by atoms with van der Waals surface area (Å²) in [5, 5.41) is 6.84. The SMILES string of the molecule is COc1ccc2[nH]c(=O)c(-c3cc(Cl)[nH]n3)nc2c1. The third kappa shape index (κ3) is 2.06. The van der Waals surface area contributed by atoms with Gasteiger partial charge in [0, 0.05) is 12.1 Å². The van der Waals surface area contributed by atoms with Crippen molar-refractivity contribution < 1.29 is 4.74 Å². The summed E-state index contributed by atoms with van der Waals surface area (Å²) >= 11 is 5.75. The van der Waals surface area contributed by atoms with Crippen LogP contribution in [0.25, 0.3) is 22.4 Å². The van der Waals surface area contributed by atoms with E-state index in [1.165, 1.54) is 0 Å². The van der Waals surface area contributed by atoms with E-state index in [9.17, 15) is 4.79 Å². The minimum Gasteiger partial charge on any atom is -0.497 e. The van der Waals surface area contributed by atoms with E-state index in [1.54, 1.807) is 31.4 Å². The molecule has 3 rings (SSSR count). The number of methoxy groups -OCH3 is 1. The van der Waals surface area contributed by atoms with Crippen LogP contribution in [-0.2, 0) is 0 Å². The highest BCUT2D eigenvalue weighted by molar-refractivity contribution is 6.29. The number of halogens is 1. The smallest absolute Gasteiger partial charge is 0.276 e. The van der Waals surface area contributed by atoms with Crippen LogP contribution in [0, 0.1) is 0 Å². The molecule has 0 saturated carbocycles. The fraction of sp³-hybridized carbons (Fsp3) is 0.0833. The number of ether oxygens (including phenoxy) is 1. The van der Waals surface area contributed by atoms with Crippen molar-refractivity contribution in [3.8, 4) is 17.1 Å². The van der Waals surface area contributed by atoms with E-state index < -0.39 is 0 Å². The monoisotopic (exact) mass is 276 g/mol. The first-order valence-corrected chi connectivity index (χ1v) is 5.84. The van der Waals surface area contributed by atoms with Gasteiger partial charge in [-0.15, -0.1) is 0 Å². The average Bonchev–Trinajstić information content (AvgIpc) is 2.84. The summed E-state index contributed by atoms with van der Waals surface area (Å²) in [6.07, 6.45) is 0. The highest BCUT2D eigenvalue weighted by Crippen LogP contribution is 2.20. The summed E-state index contributed by atoms with van der Waals surface area (Å²) in [7, 11) is 1.57. The Kier molecular flexibility index (Phi) is 2.72. The first-order valence-electron chi connectivity index (χ1n) is 5.47. The number of hydrogen-bond acceptors (Lipinski definition) is 4. The largest absolute Gasteiger partial charge is 0.497 e. The summed E-state index contributed by atoms with van der Waals surface area (Å²) in [5.74, 6) is 0.665. The van der Waals surface area contributed by atoms with Crippen molar-refractivity contribution in [3.05, 3.63) is 39.8 Å².